The third kappa shape index (κ3) is 4.27. The number of rotatable bonds is 6. The van der Waals surface area contributed by atoms with Crippen LogP contribution in [0.15, 0.2) is 59.7 Å². The molecule has 0 bridgehead atoms. The van der Waals surface area contributed by atoms with Crippen molar-refractivity contribution in [2.24, 2.45) is 0 Å². The fraction of sp³-hybridized carbons (Fsp3) is 0.143. The Bertz CT molecular complexity index is 1320. The molecule has 2 aromatic carbocycles. The van der Waals surface area contributed by atoms with Crippen molar-refractivity contribution in [3.63, 3.8) is 0 Å². The Morgan fingerprint density at radius 3 is 2.58 bits per heavy atom. The lowest BCUT2D eigenvalue weighted by Gasteiger charge is -2.07. The molecule has 10 heteroatoms. The van der Waals surface area contributed by atoms with Crippen molar-refractivity contribution in [2.45, 2.75) is 13.5 Å². The SMILES string of the molecule is CCOc1ccc(-c2cc3c(=O)n(CC(=O)Nc4ccc(F)c(F)c4)ncn3n2)cc1. The minimum absolute atomic E-state index is 0.0696. The van der Waals surface area contributed by atoms with Gasteiger partial charge in [0.05, 0.1) is 12.3 Å². The smallest absolute Gasteiger partial charge is 0.293 e. The molecule has 31 heavy (non-hydrogen) atoms. The highest BCUT2D eigenvalue weighted by molar-refractivity contribution is 5.90. The number of hydrogen-bond donors (Lipinski definition) is 1. The van der Waals surface area contributed by atoms with E-state index in [9.17, 15) is 18.4 Å². The van der Waals surface area contributed by atoms with E-state index in [1.807, 2.05) is 31.2 Å². The number of nitrogens with one attached hydrogen (secondary N) is 1. The zero-order valence-corrected chi connectivity index (χ0v) is 16.4. The zero-order chi connectivity index (χ0) is 22.0. The molecule has 0 unspecified atom stereocenters. The molecule has 1 N–H and O–H groups in total. The number of fused-ring (bicyclic) bond motifs is 1. The van der Waals surface area contributed by atoms with Gasteiger partial charge in [0.25, 0.3) is 5.56 Å². The highest BCUT2D eigenvalue weighted by Crippen LogP contribution is 2.21. The van der Waals surface area contributed by atoms with Crippen LogP contribution < -0.4 is 15.6 Å². The van der Waals surface area contributed by atoms with Crippen molar-refractivity contribution in [3.8, 4) is 17.0 Å². The number of hydrogen-bond acceptors (Lipinski definition) is 5. The standard InChI is InChI=1S/C21H17F2N5O3/c1-2-31-15-6-3-13(4-7-15)18-10-19-21(30)27(24-12-28(19)26-18)11-20(29)25-14-5-8-16(22)17(23)9-14/h3-10,12H,2,11H2,1H3,(H,25,29). The predicted molar refractivity (Wildman–Crippen MR) is 109 cm³/mol. The van der Waals surface area contributed by atoms with Crippen LogP contribution in [0.25, 0.3) is 16.8 Å². The van der Waals surface area contributed by atoms with Crippen molar-refractivity contribution in [3.05, 3.63) is 76.8 Å². The van der Waals surface area contributed by atoms with E-state index in [4.69, 9.17) is 4.74 Å². The van der Waals surface area contributed by atoms with Crippen molar-refractivity contribution in [2.75, 3.05) is 11.9 Å². The Kier molecular flexibility index (Phi) is 5.44. The summed E-state index contributed by atoms with van der Waals surface area (Å²) in [5.74, 6) is -2.00. The average Bonchev–Trinajstić information content (AvgIpc) is 3.19. The topological polar surface area (TPSA) is 90.5 Å². The summed E-state index contributed by atoms with van der Waals surface area (Å²) in [5, 5.41) is 10.7. The van der Waals surface area contributed by atoms with E-state index in [2.05, 4.69) is 15.5 Å². The monoisotopic (exact) mass is 425 g/mol. The highest BCUT2D eigenvalue weighted by Gasteiger charge is 2.13. The van der Waals surface area contributed by atoms with Crippen molar-refractivity contribution >= 4 is 17.1 Å². The molecule has 8 nitrogen and oxygen atoms in total. The number of halogens is 2. The van der Waals surface area contributed by atoms with Crippen LogP contribution in [0, 0.1) is 11.6 Å². The van der Waals surface area contributed by atoms with Gasteiger partial charge in [0.1, 0.15) is 24.1 Å². The maximum atomic E-state index is 13.3. The van der Waals surface area contributed by atoms with Crippen LogP contribution in [0.4, 0.5) is 14.5 Å². The van der Waals surface area contributed by atoms with Gasteiger partial charge in [-0.25, -0.2) is 18.0 Å². The molecule has 1 amide bonds. The van der Waals surface area contributed by atoms with Crippen LogP contribution in [0.5, 0.6) is 5.75 Å². The first-order chi connectivity index (χ1) is 14.9. The lowest BCUT2D eigenvalue weighted by Crippen LogP contribution is -2.30. The van der Waals surface area contributed by atoms with Crippen LogP contribution in [0.2, 0.25) is 0 Å². The van der Waals surface area contributed by atoms with Crippen LogP contribution in [0.3, 0.4) is 0 Å². The van der Waals surface area contributed by atoms with Gasteiger partial charge >= 0.3 is 0 Å². The Morgan fingerprint density at radius 1 is 1.10 bits per heavy atom. The van der Waals surface area contributed by atoms with E-state index in [1.165, 1.54) is 16.9 Å². The molecular formula is C21H17F2N5O3. The van der Waals surface area contributed by atoms with Gasteiger partial charge in [0.15, 0.2) is 11.6 Å². The summed E-state index contributed by atoms with van der Waals surface area (Å²) < 4.78 is 34.0. The number of ether oxygens (including phenoxy) is 1. The second-order valence-corrected chi connectivity index (χ2v) is 6.59. The quantitative estimate of drug-likeness (QED) is 0.513. The van der Waals surface area contributed by atoms with Gasteiger partial charge < -0.3 is 10.1 Å². The Labute approximate surface area is 174 Å². The molecule has 0 aliphatic heterocycles. The van der Waals surface area contributed by atoms with Crippen LogP contribution >= 0.6 is 0 Å². The lowest BCUT2D eigenvalue weighted by molar-refractivity contribution is -0.117. The predicted octanol–water partition coefficient (Wildman–Crippen LogP) is 2.87. The summed E-state index contributed by atoms with van der Waals surface area (Å²) in [7, 11) is 0. The molecule has 158 valence electrons. The lowest BCUT2D eigenvalue weighted by atomic mass is 10.1. The van der Waals surface area contributed by atoms with E-state index in [-0.39, 0.29) is 11.2 Å². The van der Waals surface area contributed by atoms with Crippen molar-refractivity contribution in [1.82, 2.24) is 19.4 Å². The summed E-state index contributed by atoms with van der Waals surface area (Å²) in [4.78, 5) is 24.9. The summed E-state index contributed by atoms with van der Waals surface area (Å²) in [6, 6.07) is 11.8. The number of anilines is 1. The normalized spacial score (nSPS) is 10.9. The van der Waals surface area contributed by atoms with Gasteiger partial charge in [0.2, 0.25) is 5.91 Å². The average molecular weight is 425 g/mol. The van der Waals surface area contributed by atoms with E-state index in [0.29, 0.717) is 12.3 Å². The molecule has 0 aliphatic rings. The molecule has 0 spiro atoms. The third-order valence-electron chi connectivity index (χ3n) is 4.45. The van der Waals surface area contributed by atoms with Gasteiger partial charge in [0, 0.05) is 17.3 Å². The van der Waals surface area contributed by atoms with E-state index in [0.717, 1.165) is 28.1 Å². The molecule has 0 aliphatic carbocycles. The molecule has 4 aromatic rings. The molecule has 2 aromatic heterocycles. The third-order valence-corrected chi connectivity index (χ3v) is 4.45. The summed E-state index contributed by atoms with van der Waals surface area (Å²) >= 11 is 0. The number of carbonyl (C=O) groups excluding carboxylic acids is 1. The zero-order valence-electron chi connectivity index (χ0n) is 16.4. The molecule has 0 radical (unpaired) electrons. The fourth-order valence-electron chi connectivity index (χ4n) is 2.99. The summed E-state index contributed by atoms with van der Waals surface area (Å²) in [6.07, 6.45) is 1.32. The number of aromatic nitrogens is 4. The maximum absolute atomic E-state index is 13.3. The minimum atomic E-state index is -1.09. The molecule has 4 rings (SSSR count). The van der Waals surface area contributed by atoms with Crippen molar-refractivity contribution < 1.29 is 18.3 Å². The molecule has 0 atom stereocenters. The van der Waals surface area contributed by atoms with Gasteiger partial charge in [-0.05, 0) is 49.4 Å². The van der Waals surface area contributed by atoms with Gasteiger partial charge in [-0.2, -0.15) is 10.2 Å². The van der Waals surface area contributed by atoms with Crippen molar-refractivity contribution in [1.29, 1.82) is 0 Å². The maximum Gasteiger partial charge on any atom is 0.293 e. The largest absolute Gasteiger partial charge is 0.494 e. The first-order valence-electron chi connectivity index (χ1n) is 9.38. The van der Waals surface area contributed by atoms with E-state index < -0.39 is 29.6 Å². The fourth-order valence-corrected chi connectivity index (χ4v) is 2.99. The van der Waals surface area contributed by atoms with Gasteiger partial charge in [-0.3, -0.25) is 9.59 Å². The molecule has 0 saturated heterocycles. The molecule has 2 heterocycles. The molecular weight excluding hydrogens is 408 g/mol. The Hall–Kier alpha value is -4.08. The van der Waals surface area contributed by atoms with E-state index in [1.54, 1.807) is 6.07 Å². The van der Waals surface area contributed by atoms with Gasteiger partial charge in [-0.1, -0.05) is 0 Å². The van der Waals surface area contributed by atoms with E-state index >= 15 is 0 Å². The van der Waals surface area contributed by atoms with Gasteiger partial charge in [-0.15, -0.1) is 0 Å². The van der Waals surface area contributed by atoms with Crippen LogP contribution in [-0.2, 0) is 11.3 Å². The summed E-state index contributed by atoms with van der Waals surface area (Å²) in [6.45, 7) is 2.05. The first-order valence-corrected chi connectivity index (χ1v) is 9.38. The Balaban J connectivity index is 1.55. The molecule has 0 saturated carbocycles. The summed E-state index contributed by atoms with van der Waals surface area (Å²) in [5.41, 5.74) is 1.13. The second kappa shape index (κ2) is 8.34. The molecule has 0 fully saturated rings. The highest BCUT2D eigenvalue weighted by atomic mass is 19.2. The first kappa shape index (κ1) is 20.2. The van der Waals surface area contributed by atoms with Crippen LogP contribution in [-0.4, -0.2) is 31.9 Å². The number of nitrogens with zero attached hydrogens (tertiary/aromatic N) is 4. The van der Waals surface area contributed by atoms with Crippen LogP contribution in [0.1, 0.15) is 6.92 Å². The number of benzene rings is 2. The minimum Gasteiger partial charge on any atom is -0.494 e. The Morgan fingerprint density at radius 2 is 1.87 bits per heavy atom. The number of carbonyl (C=O) groups is 1. The number of amides is 1. The second-order valence-electron chi connectivity index (χ2n) is 6.59.